The summed E-state index contributed by atoms with van der Waals surface area (Å²) in [4.78, 5) is 65.3. The van der Waals surface area contributed by atoms with Crippen molar-refractivity contribution in [1.29, 1.82) is 0 Å². The summed E-state index contributed by atoms with van der Waals surface area (Å²) in [6.45, 7) is 1.79. The van der Waals surface area contributed by atoms with Crippen LogP contribution in [-0.4, -0.2) is 42.3 Å². The van der Waals surface area contributed by atoms with Gasteiger partial charge in [-0.15, -0.1) is 0 Å². The fourth-order valence-electron chi connectivity index (χ4n) is 6.89. The summed E-state index contributed by atoms with van der Waals surface area (Å²) in [6, 6.07) is 8.72. The van der Waals surface area contributed by atoms with Crippen LogP contribution in [0.3, 0.4) is 0 Å². The third kappa shape index (κ3) is 3.95. The number of methoxy groups -OCH3 is 1. The molecule has 0 aromatic heterocycles. The highest BCUT2D eigenvalue weighted by Gasteiger charge is 2.61. The van der Waals surface area contributed by atoms with Crippen molar-refractivity contribution in [2.24, 2.45) is 29.6 Å². The number of anilines is 2. The molecule has 2 aromatic carbocycles. The number of nitro benzene ring substituents is 1. The molecule has 4 fully saturated rings. The van der Waals surface area contributed by atoms with E-state index in [4.69, 9.17) is 9.47 Å². The summed E-state index contributed by atoms with van der Waals surface area (Å²) in [7, 11) is 1.35. The van der Waals surface area contributed by atoms with E-state index < -0.39 is 16.8 Å². The number of hydrogen-bond acceptors (Lipinski definition) is 8. The molecule has 0 unspecified atom stereocenters. The highest BCUT2D eigenvalue weighted by molar-refractivity contribution is 6.23. The lowest BCUT2D eigenvalue weighted by Gasteiger charge is -2.20. The first-order valence-corrected chi connectivity index (χ1v) is 13.0. The van der Waals surface area contributed by atoms with Crippen LogP contribution in [0.15, 0.2) is 36.4 Å². The van der Waals surface area contributed by atoms with E-state index in [1.807, 2.05) is 0 Å². The minimum absolute atomic E-state index is 0.0325. The topological polar surface area (TPSA) is 136 Å². The Morgan fingerprint density at radius 3 is 2.28 bits per heavy atom. The van der Waals surface area contributed by atoms with Crippen molar-refractivity contribution in [3.8, 4) is 11.5 Å². The third-order valence-corrected chi connectivity index (χ3v) is 8.68. The Balaban J connectivity index is 1.15. The van der Waals surface area contributed by atoms with E-state index in [1.54, 1.807) is 25.1 Å². The molecular weight excluding hydrogens is 506 g/mol. The molecule has 39 heavy (non-hydrogen) atoms. The molecule has 202 valence electrons. The van der Waals surface area contributed by atoms with Gasteiger partial charge in [-0.3, -0.25) is 29.3 Å². The van der Waals surface area contributed by atoms with Crippen LogP contribution in [-0.2, 0) is 19.2 Å². The fraction of sp³-hybridized carbons (Fsp3) is 0.429. The van der Waals surface area contributed by atoms with Gasteiger partial charge in [0, 0.05) is 19.0 Å². The molecule has 2 aromatic rings. The summed E-state index contributed by atoms with van der Waals surface area (Å²) >= 11 is 0. The van der Waals surface area contributed by atoms with Crippen LogP contribution in [0.25, 0.3) is 0 Å². The number of aryl methyl sites for hydroxylation is 1. The lowest BCUT2D eigenvalue weighted by atomic mass is 9.81. The van der Waals surface area contributed by atoms with Crippen molar-refractivity contribution in [1.82, 2.24) is 0 Å². The molecule has 11 heteroatoms. The number of nitrogens with zero attached hydrogens (tertiary/aromatic N) is 3. The minimum Gasteiger partial charge on any atom is -0.494 e. The van der Waals surface area contributed by atoms with Crippen LogP contribution in [0.4, 0.5) is 17.1 Å². The van der Waals surface area contributed by atoms with Gasteiger partial charge >= 0.3 is 5.97 Å². The van der Waals surface area contributed by atoms with E-state index in [1.165, 1.54) is 35.1 Å². The average molecular weight is 534 g/mol. The molecular formula is C28H27N3O8. The molecule has 2 saturated heterocycles. The van der Waals surface area contributed by atoms with Crippen molar-refractivity contribution in [2.45, 2.75) is 32.6 Å². The standard InChI is InChI=1S/C28H27N3O8/c1-14-9-19(6-8-20(14)30-26(33)24-15-3-4-16(10-15)25(24)27(30)34)39-28(35)17-11-23(32)29(13-17)21-7-5-18(31(36)37)12-22(21)38-2/h5-9,12,15-17,24-25H,3-4,10-11,13H2,1-2H3/t15-,16-,17-,24-,25+/m0/s1. The Hall–Kier alpha value is -4.28. The zero-order chi connectivity index (χ0) is 27.6. The van der Waals surface area contributed by atoms with Crippen molar-refractivity contribution < 1.29 is 33.6 Å². The molecule has 4 aliphatic rings. The molecule has 0 spiro atoms. The highest BCUT2D eigenvalue weighted by atomic mass is 16.6. The molecule has 3 amide bonds. The molecule has 2 saturated carbocycles. The van der Waals surface area contributed by atoms with Crippen molar-refractivity contribution >= 4 is 40.8 Å². The van der Waals surface area contributed by atoms with Gasteiger partial charge in [-0.25, -0.2) is 4.90 Å². The first-order valence-electron chi connectivity index (χ1n) is 13.0. The van der Waals surface area contributed by atoms with Crippen LogP contribution in [0.5, 0.6) is 11.5 Å². The Bertz CT molecular complexity index is 1410. The van der Waals surface area contributed by atoms with E-state index >= 15 is 0 Å². The molecule has 5 atom stereocenters. The normalized spacial score (nSPS) is 27.3. The smallest absolute Gasteiger partial charge is 0.316 e. The Kier molecular flexibility index (Phi) is 5.89. The number of hydrogen-bond donors (Lipinski definition) is 0. The molecule has 6 rings (SSSR count). The number of ether oxygens (including phenoxy) is 2. The second-order valence-electron chi connectivity index (χ2n) is 10.8. The Morgan fingerprint density at radius 1 is 1.00 bits per heavy atom. The summed E-state index contributed by atoms with van der Waals surface area (Å²) in [5, 5.41) is 11.1. The van der Waals surface area contributed by atoms with E-state index in [0.29, 0.717) is 28.8 Å². The molecule has 2 aliphatic heterocycles. The van der Waals surface area contributed by atoms with E-state index in [9.17, 15) is 29.3 Å². The van der Waals surface area contributed by atoms with Crippen LogP contribution in [0.1, 0.15) is 31.2 Å². The zero-order valence-electron chi connectivity index (χ0n) is 21.5. The number of esters is 1. The van der Waals surface area contributed by atoms with Crippen LogP contribution < -0.4 is 19.3 Å². The van der Waals surface area contributed by atoms with Crippen molar-refractivity contribution in [3.63, 3.8) is 0 Å². The van der Waals surface area contributed by atoms with Crippen LogP contribution >= 0.6 is 0 Å². The highest BCUT2D eigenvalue weighted by Crippen LogP contribution is 2.56. The molecule has 0 N–H and O–H groups in total. The van der Waals surface area contributed by atoms with Crippen molar-refractivity contribution in [3.05, 3.63) is 52.1 Å². The van der Waals surface area contributed by atoms with Crippen LogP contribution in [0, 0.1) is 46.6 Å². The van der Waals surface area contributed by atoms with Gasteiger partial charge in [0.15, 0.2) is 0 Å². The number of fused-ring (bicyclic) bond motifs is 5. The van der Waals surface area contributed by atoms with Gasteiger partial charge in [0.2, 0.25) is 17.7 Å². The number of imide groups is 1. The number of rotatable bonds is 6. The average Bonchev–Trinajstić information content (AvgIpc) is 3.68. The molecule has 2 bridgehead atoms. The Morgan fingerprint density at radius 2 is 1.67 bits per heavy atom. The second-order valence-corrected chi connectivity index (χ2v) is 10.8. The van der Waals surface area contributed by atoms with E-state index in [2.05, 4.69) is 0 Å². The van der Waals surface area contributed by atoms with Gasteiger partial charge in [0.25, 0.3) is 5.69 Å². The lowest BCUT2D eigenvalue weighted by Crippen LogP contribution is -2.33. The summed E-state index contributed by atoms with van der Waals surface area (Å²) in [6.07, 6.45) is 2.89. The van der Waals surface area contributed by atoms with E-state index in [0.717, 1.165) is 19.3 Å². The first kappa shape index (κ1) is 25.0. The van der Waals surface area contributed by atoms with Gasteiger partial charge < -0.3 is 14.4 Å². The van der Waals surface area contributed by atoms with Crippen LogP contribution in [0.2, 0.25) is 0 Å². The Labute approximate surface area is 223 Å². The summed E-state index contributed by atoms with van der Waals surface area (Å²) in [5.74, 6) is -1.39. The molecule has 0 radical (unpaired) electrons. The second kappa shape index (κ2) is 9.18. The predicted octanol–water partition coefficient (Wildman–Crippen LogP) is 3.41. The van der Waals surface area contributed by atoms with E-state index in [-0.39, 0.29) is 59.7 Å². The zero-order valence-corrected chi connectivity index (χ0v) is 21.5. The molecule has 2 heterocycles. The lowest BCUT2D eigenvalue weighted by molar-refractivity contribution is -0.384. The predicted molar refractivity (Wildman–Crippen MR) is 137 cm³/mol. The fourth-order valence-corrected chi connectivity index (χ4v) is 6.89. The maximum absolute atomic E-state index is 13.2. The number of carbonyl (C=O) groups excluding carboxylic acids is 4. The van der Waals surface area contributed by atoms with Gasteiger partial charge in [-0.2, -0.15) is 0 Å². The van der Waals surface area contributed by atoms with Gasteiger partial charge in [-0.1, -0.05) is 0 Å². The molecule has 11 nitrogen and oxygen atoms in total. The third-order valence-electron chi connectivity index (χ3n) is 8.68. The quantitative estimate of drug-likeness (QED) is 0.181. The maximum Gasteiger partial charge on any atom is 0.316 e. The molecule has 2 aliphatic carbocycles. The largest absolute Gasteiger partial charge is 0.494 e. The van der Waals surface area contributed by atoms with Gasteiger partial charge in [0.05, 0.1) is 47.2 Å². The summed E-state index contributed by atoms with van der Waals surface area (Å²) < 4.78 is 10.8. The number of amides is 3. The number of non-ortho nitro benzene ring substituents is 1. The number of nitro groups is 1. The SMILES string of the molecule is COc1cc([N+](=O)[O-])ccc1N1C[C@@H](C(=O)Oc2ccc(N3C(=O)[C@@H]4[C@H]5CC[C@@H](C5)[C@@H]4C3=O)c(C)c2)CC1=O. The first-order chi connectivity index (χ1) is 18.7. The minimum atomic E-state index is -0.756. The monoisotopic (exact) mass is 533 g/mol. The maximum atomic E-state index is 13.2. The van der Waals surface area contributed by atoms with Crippen molar-refractivity contribution in [2.75, 3.05) is 23.5 Å². The number of carbonyl (C=O) groups is 4. The number of benzene rings is 2. The van der Waals surface area contributed by atoms with Gasteiger partial charge in [-0.05, 0) is 67.9 Å². The van der Waals surface area contributed by atoms with Gasteiger partial charge in [0.1, 0.15) is 11.5 Å². The summed E-state index contributed by atoms with van der Waals surface area (Å²) in [5.41, 5.74) is 1.30.